The molecule has 1 atom stereocenters. The van der Waals surface area contributed by atoms with Crippen LogP contribution in [-0.2, 0) is 17.9 Å². The van der Waals surface area contributed by atoms with Crippen molar-refractivity contribution in [3.63, 3.8) is 0 Å². The maximum atomic E-state index is 9.86. The molecule has 0 aliphatic carbocycles. The average Bonchev–Trinajstić information content (AvgIpc) is 2.45. The van der Waals surface area contributed by atoms with Gasteiger partial charge in [-0.25, -0.2) is 0 Å². The molecule has 2 rings (SSSR count). The van der Waals surface area contributed by atoms with Gasteiger partial charge in [-0.1, -0.05) is 30.3 Å². The molecule has 0 heterocycles. The number of hydrogen-bond donors (Lipinski definition) is 3. The van der Waals surface area contributed by atoms with Crippen LogP contribution < -0.4 is 5.32 Å². The third-order valence-electron chi connectivity index (χ3n) is 3.40. The van der Waals surface area contributed by atoms with Gasteiger partial charge in [-0.3, -0.25) is 0 Å². The predicted molar refractivity (Wildman–Crippen MR) is 82.2 cm³/mol. The van der Waals surface area contributed by atoms with Crippen molar-refractivity contribution in [1.82, 2.24) is 5.32 Å². The van der Waals surface area contributed by atoms with Gasteiger partial charge in [0.25, 0.3) is 0 Å². The Morgan fingerprint density at radius 2 is 1.86 bits per heavy atom. The number of methoxy groups -OCH3 is 1. The first kappa shape index (κ1) is 15.4. The van der Waals surface area contributed by atoms with E-state index in [1.165, 1.54) is 6.07 Å². The van der Waals surface area contributed by atoms with E-state index in [4.69, 9.17) is 4.74 Å². The second-order valence-corrected chi connectivity index (χ2v) is 5.10. The van der Waals surface area contributed by atoms with Gasteiger partial charge in [-0.05, 0) is 24.1 Å². The van der Waals surface area contributed by atoms with Crippen LogP contribution in [0.2, 0.25) is 0 Å². The Labute approximate surface area is 125 Å². The Kier molecular flexibility index (Phi) is 5.20. The molecule has 2 aromatic rings. The highest BCUT2D eigenvalue weighted by molar-refractivity contribution is 5.40. The molecule has 4 nitrogen and oxygen atoms in total. The van der Waals surface area contributed by atoms with Gasteiger partial charge in [0.05, 0.1) is 6.61 Å². The minimum absolute atomic E-state index is 0.0170. The fourth-order valence-corrected chi connectivity index (χ4v) is 2.28. The number of benzene rings is 2. The van der Waals surface area contributed by atoms with Crippen molar-refractivity contribution in [2.45, 2.75) is 26.1 Å². The van der Waals surface area contributed by atoms with E-state index < -0.39 is 0 Å². The Bertz CT molecular complexity index is 598. The minimum atomic E-state index is -0.0170. The third kappa shape index (κ3) is 4.21. The van der Waals surface area contributed by atoms with Crippen LogP contribution in [0.15, 0.2) is 42.5 Å². The zero-order valence-corrected chi connectivity index (χ0v) is 12.3. The Morgan fingerprint density at radius 3 is 2.57 bits per heavy atom. The quantitative estimate of drug-likeness (QED) is 0.764. The molecule has 0 aliphatic heterocycles. The molecular weight excluding hydrogens is 266 g/mol. The van der Waals surface area contributed by atoms with E-state index in [0.717, 1.165) is 16.7 Å². The molecule has 0 saturated heterocycles. The standard InChI is InChI=1S/C17H21NO3/c1-12(16-7-6-15(19)9-17(16)20)18-10-13-4-3-5-14(8-13)11-21-2/h3-9,12,18-20H,10-11H2,1-2H3. The van der Waals surface area contributed by atoms with E-state index in [9.17, 15) is 10.2 Å². The van der Waals surface area contributed by atoms with Crippen LogP contribution in [-0.4, -0.2) is 17.3 Å². The number of ether oxygens (including phenoxy) is 1. The zero-order chi connectivity index (χ0) is 15.2. The van der Waals surface area contributed by atoms with Crippen LogP contribution in [0.4, 0.5) is 0 Å². The number of phenolic OH excluding ortho intramolecular Hbond substituents is 2. The smallest absolute Gasteiger partial charge is 0.124 e. The van der Waals surface area contributed by atoms with Crippen LogP contribution in [0, 0.1) is 0 Å². The van der Waals surface area contributed by atoms with Gasteiger partial charge in [-0.2, -0.15) is 0 Å². The van der Waals surface area contributed by atoms with E-state index in [1.807, 2.05) is 19.1 Å². The molecule has 0 amide bonds. The van der Waals surface area contributed by atoms with Crippen molar-refractivity contribution >= 4 is 0 Å². The Hall–Kier alpha value is -2.04. The van der Waals surface area contributed by atoms with Crippen molar-refractivity contribution in [1.29, 1.82) is 0 Å². The molecule has 0 radical (unpaired) electrons. The molecule has 4 heteroatoms. The molecular formula is C17H21NO3. The number of nitrogens with one attached hydrogen (secondary N) is 1. The topological polar surface area (TPSA) is 61.7 Å². The maximum Gasteiger partial charge on any atom is 0.124 e. The van der Waals surface area contributed by atoms with Gasteiger partial charge in [0.2, 0.25) is 0 Å². The molecule has 112 valence electrons. The first-order chi connectivity index (χ1) is 10.1. The second-order valence-electron chi connectivity index (χ2n) is 5.10. The monoisotopic (exact) mass is 287 g/mol. The van der Waals surface area contributed by atoms with Gasteiger partial charge in [0.1, 0.15) is 11.5 Å². The fraction of sp³-hybridized carbons (Fsp3) is 0.294. The summed E-state index contributed by atoms with van der Waals surface area (Å²) < 4.78 is 5.13. The molecule has 2 aromatic carbocycles. The molecule has 0 fully saturated rings. The van der Waals surface area contributed by atoms with Crippen LogP contribution in [0.3, 0.4) is 0 Å². The molecule has 1 unspecified atom stereocenters. The first-order valence-corrected chi connectivity index (χ1v) is 6.92. The molecule has 0 saturated carbocycles. The fourth-order valence-electron chi connectivity index (χ4n) is 2.28. The van der Waals surface area contributed by atoms with E-state index in [0.29, 0.717) is 13.2 Å². The van der Waals surface area contributed by atoms with Gasteiger partial charge in [-0.15, -0.1) is 0 Å². The molecule has 0 spiro atoms. The molecule has 0 aromatic heterocycles. The highest BCUT2D eigenvalue weighted by Crippen LogP contribution is 2.27. The van der Waals surface area contributed by atoms with Crippen molar-refractivity contribution in [3.8, 4) is 11.5 Å². The predicted octanol–water partition coefficient (Wildman–Crippen LogP) is 3.10. The molecule has 21 heavy (non-hydrogen) atoms. The van der Waals surface area contributed by atoms with Gasteiger partial charge in [0.15, 0.2) is 0 Å². The van der Waals surface area contributed by atoms with Crippen molar-refractivity contribution in [3.05, 3.63) is 59.2 Å². The minimum Gasteiger partial charge on any atom is -0.508 e. The van der Waals surface area contributed by atoms with Crippen LogP contribution in [0.25, 0.3) is 0 Å². The van der Waals surface area contributed by atoms with Gasteiger partial charge in [0, 0.05) is 31.3 Å². The van der Waals surface area contributed by atoms with Crippen LogP contribution >= 0.6 is 0 Å². The summed E-state index contributed by atoms with van der Waals surface area (Å²) in [6.07, 6.45) is 0. The lowest BCUT2D eigenvalue weighted by Gasteiger charge is -2.16. The molecule has 0 aliphatic rings. The number of aromatic hydroxyl groups is 2. The number of phenols is 2. The summed E-state index contributed by atoms with van der Waals surface area (Å²) in [6.45, 7) is 3.27. The third-order valence-corrected chi connectivity index (χ3v) is 3.40. The second kappa shape index (κ2) is 7.11. The van der Waals surface area contributed by atoms with E-state index >= 15 is 0 Å². The number of hydrogen-bond acceptors (Lipinski definition) is 4. The van der Waals surface area contributed by atoms with E-state index in [-0.39, 0.29) is 17.5 Å². The van der Waals surface area contributed by atoms with Gasteiger partial charge < -0.3 is 20.3 Å². The van der Waals surface area contributed by atoms with Crippen LogP contribution in [0.1, 0.15) is 29.7 Å². The Balaban J connectivity index is 2.00. The van der Waals surface area contributed by atoms with E-state index in [2.05, 4.69) is 17.4 Å². The largest absolute Gasteiger partial charge is 0.508 e. The summed E-state index contributed by atoms with van der Waals surface area (Å²) in [5.41, 5.74) is 3.06. The maximum absolute atomic E-state index is 9.86. The molecule has 0 bridgehead atoms. The lowest BCUT2D eigenvalue weighted by Crippen LogP contribution is -2.18. The summed E-state index contributed by atoms with van der Waals surface area (Å²) in [6, 6.07) is 12.8. The highest BCUT2D eigenvalue weighted by Gasteiger charge is 2.10. The summed E-state index contributed by atoms with van der Waals surface area (Å²) in [4.78, 5) is 0. The van der Waals surface area contributed by atoms with Gasteiger partial charge >= 0.3 is 0 Å². The summed E-state index contributed by atoms with van der Waals surface area (Å²) in [5, 5.41) is 22.5. The summed E-state index contributed by atoms with van der Waals surface area (Å²) in [5.74, 6) is 0.166. The summed E-state index contributed by atoms with van der Waals surface area (Å²) in [7, 11) is 1.68. The lowest BCUT2D eigenvalue weighted by atomic mass is 10.1. The first-order valence-electron chi connectivity index (χ1n) is 6.92. The highest BCUT2D eigenvalue weighted by atomic mass is 16.5. The van der Waals surface area contributed by atoms with Crippen molar-refractivity contribution in [2.24, 2.45) is 0 Å². The SMILES string of the molecule is COCc1cccc(CNC(C)c2ccc(O)cc2O)c1. The molecule has 3 N–H and O–H groups in total. The van der Waals surface area contributed by atoms with Crippen molar-refractivity contribution in [2.75, 3.05) is 7.11 Å². The van der Waals surface area contributed by atoms with Crippen molar-refractivity contribution < 1.29 is 14.9 Å². The average molecular weight is 287 g/mol. The number of rotatable bonds is 6. The Morgan fingerprint density at radius 1 is 1.10 bits per heavy atom. The lowest BCUT2D eigenvalue weighted by molar-refractivity contribution is 0.185. The summed E-state index contributed by atoms with van der Waals surface area (Å²) >= 11 is 0. The van der Waals surface area contributed by atoms with E-state index in [1.54, 1.807) is 19.2 Å². The normalized spacial score (nSPS) is 12.3. The van der Waals surface area contributed by atoms with Crippen LogP contribution in [0.5, 0.6) is 11.5 Å². The zero-order valence-electron chi connectivity index (χ0n) is 12.3.